The number of piperidine rings is 1. The maximum atomic E-state index is 12.7. The zero-order valence-electron chi connectivity index (χ0n) is 14.0. The topological polar surface area (TPSA) is 64.2 Å². The van der Waals surface area contributed by atoms with Crippen LogP contribution in [0.5, 0.6) is 0 Å². The van der Waals surface area contributed by atoms with Crippen molar-refractivity contribution in [3.05, 3.63) is 47.2 Å². The van der Waals surface area contributed by atoms with Gasteiger partial charge in [-0.3, -0.25) is 4.79 Å². The number of likely N-dealkylation sites (tertiary alicyclic amines) is 1. The van der Waals surface area contributed by atoms with Gasteiger partial charge in [0.1, 0.15) is 18.2 Å². The Morgan fingerprint density at radius 3 is 2.72 bits per heavy atom. The predicted octanol–water partition coefficient (Wildman–Crippen LogP) is 3.39. The molecule has 0 saturated carbocycles. The molecule has 7 heteroatoms. The Hall–Kier alpha value is -2.34. The number of carbonyl (C=O) groups excluding carboxylic acids is 1. The molecule has 1 aliphatic heterocycles. The largest absolute Gasteiger partial charge is 0.464 e. The Morgan fingerprint density at radius 1 is 1.28 bits per heavy atom. The molecule has 0 radical (unpaired) electrons. The van der Waals surface area contributed by atoms with Crippen LogP contribution in [0.25, 0.3) is 11.0 Å². The van der Waals surface area contributed by atoms with Gasteiger partial charge in [-0.05, 0) is 37.5 Å². The van der Waals surface area contributed by atoms with Gasteiger partial charge >= 0.3 is 0 Å². The summed E-state index contributed by atoms with van der Waals surface area (Å²) >= 11 is 6.22. The number of benzene rings is 1. The monoisotopic (exact) mass is 358 g/mol. The van der Waals surface area contributed by atoms with Crippen molar-refractivity contribution in [2.24, 2.45) is 0 Å². The van der Waals surface area contributed by atoms with Gasteiger partial charge in [0.25, 0.3) is 0 Å². The number of rotatable bonds is 3. The van der Waals surface area contributed by atoms with Gasteiger partial charge in [-0.1, -0.05) is 11.6 Å². The van der Waals surface area contributed by atoms with Crippen LogP contribution >= 0.6 is 11.6 Å². The van der Waals surface area contributed by atoms with E-state index in [1.54, 1.807) is 18.9 Å². The average Bonchev–Trinajstić information content (AvgIpc) is 3.27. The van der Waals surface area contributed by atoms with Crippen LogP contribution in [0, 0.1) is 6.92 Å². The number of halogens is 1. The highest BCUT2D eigenvalue weighted by Crippen LogP contribution is 2.29. The minimum atomic E-state index is 0.126. The second kappa shape index (κ2) is 6.52. The first kappa shape index (κ1) is 16.1. The molecule has 0 aliphatic carbocycles. The van der Waals surface area contributed by atoms with Crippen LogP contribution in [0.4, 0.5) is 0 Å². The molecule has 0 spiro atoms. The third-order valence-corrected chi connectivity index (χ3v) is 5.36. The van der Waals surface area contributed by atoms with Crippen molar-refractivity contribution in [3.63, 3.8) is 0 Å². The van der Waals surface area contributed by atoms with E-state index >= 15 is 0 Å². The van der Waals surface area contributed by atoms with E-state index in [0.717, 1.165) is 48.0 Å². The second-order valence-electron chi connectivity index (χ2n) is 6.56. The lowest BCUT2D eigenvalue weighted by Crippen LogP contribution is -2.39. The number of carbonyl (C=O) groups is 1. The Bertz CT molecular complexity index is 895. The summed E-state index contributed by atoms with van der Waals surface area (Å²) < 4.78 is 7.62. The zero-order chi connectivity index (χ0) is 17.4. The van der Waals surface area contributed by atoms with Crippen molar-refractivity contribution >= 4 is 28.5 Å². The molecule has 4 rings (SSSR count). The maximum absolute atomic E-state index is 12.7. The highest BCUT2D eigenvalue weighted by molar-refractivity contribution is 6.32. The van der Waals surface area contributed by atoms with Crippen LogP contribution < -0.4 is 0 Å². The van der Waals surface area contributed by atoms with Crippen molar-refractivity contribution < 1.29 is 9.21 Å². The van der Waals surface area contributed by atoms with Crippen molar-refractivity contribution in [1.29, 1.82) is 0 Å². The van der Waals surface area contributed by atoms with E-state index in [1.807, 2.05) is 28.5 Å². The molecule has 3 aromatic rings. The summed E-state index contributed by atoms with van der Waals surface area (Å²) in [6, 6.07) is 4.17. The van der Waals surface area contributed by atoms with Gasteiger partial charge in [0.05, 0.1) is 12.7 Å². The molecule has 0 bridgehead atoms. The fourth-order valence-corrected chi connectivity index (χ4v) is 3.59. The molecular weight excluding hydrogens is 340 g/mol. The first-order chi connectivity index (χ1) is 12.1. The molecule has 25 heavy (non-hydrogen) atoms. The molecule has 0 unspecified atom stereocenters. The molecule has 0 atom stereocenters. The minimum Gasteiger partial charge on any atom is -0.464 e. The molecule has 130 valence electrons. The third kappa shape index (κ3) is 3.14. The van der Waals surface area contributed by atoms with E-state index in [-0.39, 0.29) is 5.91 Å². The molecule has 2 aromatic heterocycles. The Balaban J connectivity index is 1.44. The van der Waals surface area contributed by atoms with Crippen molar-refractivity contribution in [3.8, 4) is 0 Å². The average molecular weight is 359 g/mol. The van der Waals surface area contributed by atoms with Gasteiger partial charge in [-0.2, -0.15) is 0 Å². The van der Waals surface area contributed by atoms with E-state index in [4.69, 9.17) is 16.0 Å². The van der Waals surface area contributed by atoms with Crippen LogP contribution in [0.3, 0.4) is 0 Å². The van der Waals surface area contributed by atoms with Crippen molar-refractivity contribution in [2.75, 3.05) is 13.1 Å². The van der Waals surface area contributed by atoms with E-state index < -0.39 is 0 Å². The van der Waals surface area contributed by atoms with Gasteiger partial charge < -0.3 is 13.9 Å². The summed E-state index contributed by atoms with van der Waals surface area (Å²) in [5, 5.41) is 9.32. The van der Waals surface area contributed by atoms with Crippen LogP contribution in [-0.4, -0.2) is 38.7 Å². The summed E-state index contributed by atoms with van der Waals surface area (Å²) in [6.45, 7) is 3.43. The number of furan rings is 1. The van der Waals surface area contributed by atoms with E-state index in [1.165, 1.54) is 0 Å². The first-order valence-corrected chi connectivity index (χ1v) is 8.77. The number of aryl methyl sites for hydroxylation is 1. The number of nitrogens with zero attached hydrogens (tertiary/aromatic N) is 4. The Morgan fingerprint density at radius 2 is 2.00 bits per heavy atom. The van der Waals surface area contributed by atoms with Crippen LogP contribution in [0.1, 0.15) is 30.0 Å². The van der Waals surface area contributed by atoms with E-state index in [2.05, 4.69) is 10.2 Å². The molecule has 1 saturated heterocycles. The second-order valence-corrected chi connectivity index (χ2v) is 6.96. The third-order valence-electron chi connectivity index (χ3n) is 4.95. The summed E-state index contributed by atoms with van der Waals surface area (Å²) in [7, 11) is 0. The van der Waals surface area contributed by atoms with E-state index in [0.29, 0.717) is 17.5 Å². The van der Waals surface area contributed by atoms with Gasteiger partial charge in [0.15, 0.2) is 0 Å². The highest BCUT2D eigenvalue weighted by atomic mass is 35.5. The molecular formula is C18H19ClN4O2. The van der Waals surface area contributed by atoms with Crippen molar-refractivity contribution in [1.82, 2.24) is 19.7 Å². The fourth-order valence-electron chi connectivity index (χ4n) is 3.42. The lowest BCUT2D eigenvalue weighted by atomic mass is 10.0. The maximum Gasteiger partial charge on any atom is 0.227 e. The van der Waals surface area contributed by atoms with Crippen LogP contribution in [0.15, 0.2) is 35.5 Å². The molecule has 6 nitrogen and oxygen atoms in total. The SMILES string of the molecule is Cc1cc2occ(CC(=O)N3CCC(n4cnnc4)CC3)c2cc1Cl. The van der Waals surface area contributed by atoms with Gasteiger partial charge in [0, 0.05) is 35.1 Å². The molecule has 1 aromatic carbocycles. The molecule has 0 N–H and O–H groups in total. The highest BCUT2D eigenvalue weighted by Gasteiger charge is 2.24. The zero-order valence-corrected chi connectivity index (χ0v) is 14.7. The minimum absolute atomic E-state index is 0.126. The number of fused-ring (bicyclic) bond motifs is 1. The smallest absolute Gasteiger partial charge is 0.227 e. The Kier molecular flexibility index (Phi) is 4.21. The molecule has 1 fully saturated rings. The van der Waals surface area contributed by atoms with Crippen LogP contribution in [0.2, 0.25) is 5.02 Å². The summed E-state index contributed by atoms with van der Waals surface area (Å²) in [5.74, 6) is 0.126. The molecule has 1 amide bonds. The number of hydrogen-bond donors (Lipinski definition) is 0. The van der Waals surface area contributed by atoms with Crippen molar-refractivity contribution in [2.45, 2.75) is 32.2 Å². The number of hydrogen-bond acceptors (Lipinski definition) is 4. The first-order valence-electron chi connectivity index (χ1n) is 8.40. The standard InChI is InChI=1S/C18H19ClN4O2/c1-12-6-17-15(8-16(12)19)13(9-25-17)7-18(24)22-4-2-14(3-5-22)23-10-20-21-11-23/h6,8-11,14H,2-5,7H2,1H3. The Labute approximate surface area is 150 Å². The normalized spacial score (nSPS) is 15.8. The van der Waals surface area contributed by atoms with Gasteiger partial charge in [-0.25, -0.2) is 0 Å². The fraction of sp³-hybridized carbons (Fsp3) is 0.389. The van der Waals surface area contributed by atoms with Gasteiger partial charge in [-0.15, -0.1) is 10.2 Å². The van der Waals surface area contributed by atoms with E-state index in [9.17, 15) is 4.79 Å². The quantitative estimate of drug-likeness (QED) is 0.719. The lowest BCUT2D eigenvalue weighted by Gasteiger charge is -2.32. The van der Waals surface area contributed by atoms with Crippen LogP contribution in [-0.2, 0) is 11.2 Å². The van der Waals surface area contributed by atoms with Gasteiger partial charge in [0.2, 0.25) is 5.91 Å². The molecule has 3 heterocycles. The summed E-state index contributed by atoms with van der Waals surface area (Å²) in [4.78, 5) is 14.6. The number of aromatic nitrogens is 3. The summed E-state index contributed by atoms with van der Waals surface area (Å²) in [5.41, 5.74) is 2.64. The molecule has 1 aliphatic rings. The predicted molar refractivity (Wildman–Crippen MR) is 94.5 cm³/mol. The summed E-state index contributed by atoms with van der Waals surface area (Å²) in [6.07, 6.45) is 7.32. The number of amides is 1. The lowest BCUT2D eigenvalue weighted by molar-refractivity contribution is -0.131.